The van der Waals surface area contributed by atoms with E-state index >= 15 is 0 Å². The molecule has 0 aromatic heterocycles. The first kappa shape index (κ1) is 18.1. The highest BCUT2D eigenvalue weighted by Gasteiger charge is 2.34. The lowest BCUT2D eigenvalue weighted by atomic mass is 10.4. The Morgan fingerprint density at radius 3 is 2.00 bits per heavy atom. The van der Waals surface area contributed by atoms with Crippen molar-refractivity contribution < 1.29 is 13.6 Å². The number of ether oxygens (including phenoxy) is 1. The lowest BCUT2D eigenvalue weighted by molar-refractivity contribution is 0.120. The first-order chi connectivity index (χ1) is 8.60. The Labute approximate surface area is 114 Å². The zero-order valence-corrected chi connectivity index (χ0v) is 13.8. The summed E-state index contributed by atoms with van der Waals surface area (Å²) in [5.74, 6) is 0. The summed E-state index contributed by atoms with van der Waals surface area (Å²) >= 11 is 0. The number of hydrogen-bond acceptors (Lipinski definition) is 4. The zero-order valence-electron chi connectivity index (χ0n) is 12.8. The highest BCUT2D eigenvalue weighted by Crippen LogP contribution is 2.19. The van der Waals surface area contributed by atoms with Crippen LogP contribution in [0.4, 0.5) is 0 Å². The minimum atomic E-state index is -1.99. The molecule has 0 aliphatic carbocycles. The van der Waals surface area contributed by atoms with E-state index in [4.69, 9.17) is 13.6 Å². The third kappa shape index (κ3) is 8.21. The summed E-state index contributed by atoms with van der Waals surface area (Å²) < 4.78 is 17.5. The predicted octanol–water partition coefficient (Wildman–Crippen LogP) is 2.49. The largest absolute Gasteiger partial charge is 0.394 e. The Morgan fingerprint density at radius 2 is 1.56 bits per heavy atom. The predicted molar refractivity (Wildman–Crippen MR) is 78.3 cm³/mol. The highest BCUT2D eigenvalue weighted by atomic mass is 28.4. The normalized spacial score (nSPS) is 12.3. The molecule has 0 saturated carbocycles. The molecule has 0 radical (unpaired) electrons. The molecule has 0 saturated heterocycles. The van der Waals surface area contributed by atoms with E-state index in [9.17, 15) is 0 Å². The van der Waals surface area contributed by atoms with Crippen molar-refractivity contribution in [3.05, 3.63) is 0 Å². The van der Waals surface area contributed by atoms with Crippen LogP contribution in [-0.4, -0.2) is 60.5 Å². The quantitative estimate of drug-likeness (QED) is 0.405. The van der Waals surface area contributed by atoms with Gasteiger partial charge in [-0.05, 0) is 47.0 Å². The summed E-state index contributed by atoms with van der Waals surface area (Å²) in [5.41, 5.74) is 0. The molecule has 18 heavy (non-hydrogen) atoms. The third-order valence-corrected chi connectivity index (χ3v) is 6.55. The van der Waals surface area contributed by atoms with Crippen molar-refractivity contribution in [2.75, 3.05) is 47.1 Å². The van der Waals surface area contributed by atoms with Crippen LogP contribution in [0, 0.1) is 0 Å². The van der Waals surface area contributed by atoms with Gasteiger partial charge < -0.3 is 18.5 Å². The van der Waals surface area contributed by atoms with Gasteiger partial charge in [-0.3, -0.25) is 0 Å². The molecule has 4 nitrogen and oxygen atoms in total. The minimum Gasteiger partial charge on any atom is -0.394 e. The van der Waals surface area contributed by atoms with E-state index in [1.54, 1.807) is 0 Å². The minimum absolute atomic E-state index is 0.737. The third-order valence-electron chi connectivity index (χ3n) is 2.87. The maximum Gasteiger partial charge on any atom is 0.340 e. The molecule has 0 unspecified atom stereocenters. The molecule has 0 rings (SSSR count). The zero-order chi connectivity index (χ0) is 13.9. The van der Waals surface area contributed by atoms with Gasteiger partial charge in [0.2, 0.25) is 0 Å². The molecule has 110 valence electrons. The van der Waals surface area contributed by atoms with Crippen molar-refractivity contribution in [2.45, 2.75) is 39.3 Å². The Hall–Kier alpha value is 0.0569. The van der Waals surface area contributed by atoms with Crippen molar-refractivity contribution in [3.8, 4) is 0 Å². The van der Waals surface area contributed by atoms with Gasteiger partial charge in [0.05, 0.1) is 0 Å². The van der Waals surface area contributed by atoms with Gasteiger partial charge in [-0.1, -0.05) is 6.92 Å². The summed E-state index contributed by atoms with van der Waals surface area (Å²) in [6.07, 6.45) is 1.08. The van der Waals surface area contributed by atoms with Crippen molar-refractivity contribution >= 4 is 8.56 Å². The summed E-state index contributed by atoms with van der Waals surface area (Å²) in [6, 6.07) is 1.93. The van der Waals surface area contributed by atoms with E-state index in [1.165, 1.54) is 0 Å². The van der Waals surface area contributed by atoms with Crippen LogP contribution in [0.25, 0.3) is 0 Å². The van der Waals surface area contributed by atoms with E-state index in [2.05, 4.69) is 25.9 Å². The number of hydrogen-bond donors (Lipinski definition) is 0. The van der Waals surface area contributed by atoms with Gasteiger partial charge in [0.15, 0.2) is 0 Å². The highest BCUT2D eigenvalue weighted by molar-refractivity contribution is 6.67. The number of nitrogens with zero attached hydrogens (tertiary/aromatic N) is 1. The van der Waals surface area contributed by atoms with Crippen LogP contribution in [-0.2, 0) is 13.6 Å². The molecule has 5 heteroatoms. The van der Waals surface area contributed by atoms with Crippen LogP contribution < -0.4 is 0 Å². The molecule has 0 N–H and O–H groups in total. The molecule has 0 heterocycles. The first-order valence-corrected chi connectivity index (χ1v) is 9.33. The van der Waals surface area contributed by atoms with Crippen molar-refractivity contribution in [1.82, 2.24) is 4.90 Å². The first-order valence-electron chi connectivity index (χ1n) is 7.10. The monoisotopic (exact) mass is 277 g/mol. The van der Waals surface area contributed by atoms with Crippen LogP contribution >= 0.6 is 0 Å². The van der Waals surface area contributed by atoms with Gasteiger partial charge in [-0.2, -0.15) is 0 Å². The lowest BCUT2D eigenvalue weighted by Gasteiger charge is -2.28. The summed E-state index contributed by atoms with van der Waals surface area (Å²) in [4.78, 5) is 2.18. The van der Waals surface area contributed by atoms with Crippen molar-refractivity contribution in [2.24, 2.45) is 0 Å². The summed E-state index contributed by atoms with van der Waals surface area (Å²) in [6.45, 7) is 10.4. The maximum atomic E-state index is 5.89. The fraction of sp³-hybridized carbons (Fsp3) is 1.00. The average molecular weight is 277 g/mol. The standard InChI is InChI=1S/C13H31NO3Si/c1-6-16-18(8-3,17-7-2)13-12-15-11-9-10-14(4)5/h6-13H2,1-5H3. The molecular weight excluding hydrogens is 246 g/mol. The SMILES string of the molecule is CCO[Si](CC)(CCOCCCN(C)C)OCC. The second kappa shape index (κ2) is 10.9. The Kier molecular flexibility index (Phi) is 11.0. The van der Waals surface area contributed by atoms with Gasteiger partial charge in [0, 0.05) is 32.5 Å². The van der Waals surface area contributed by atoms with E-state index in [0.717, 1.165) is 51.5 Å². The van der Waals surface area contributed by atoms with Crippen LogP contribution in [0.3, 0.4) is 0 Å². The van der Waals surface area contributed by atoms with Crippen LogP contribution in [0.15, 0.2) is 0 Å². The van der Waals surface area contributed by atoms with Gasteiger partial charge >= 0.3 is 8.56 Å². The fourth-order valence-electron chi connectivity index (χ4n) is 1.91. The topological polar surface area (TPSA) is 30.9 Å². The van der Waals surface area contributed by atoms with Crippen LogP contribution in [0.2, 0.25) is 12.1 Å². The summed E-state index contributed by atoms with van der Waals surface area (Å²) in [7, 11) is 2.18. The summed E-state index contributed by atoms with van der Waals surface area (Å²) in [5, 5.41) is 0. The second-order valence-electron chi connectivity index (χ2n) is 4.65. The van der Waals surface area contributed by atoms with E-state index in [0.29, 0.717) is 0 Å². The van der Waals surface area contributed by atoms with Gasteiger partial charge in [-0.15, -0.1) is 0 Å². The molecule has 0 bridgehead atoms. The van der Waals surface area contributed by atoms with Crippen molar-refractivity contribution in [3.63, 3.8) is 0 Å². The van der Waals surface area contributed by atoms with Gasteiger partial charge in [0.25, 0.3) is 0 Å². The van der Waals surface area contributed by atoms with E-state index in [-0.39, 0.29) is 0 Å². The Balaban J connectivity index is 3.81. The lowest BCUT2D eigenvalue weighted by Crippen LogP contribution is -2.42. The van der Waals surface area contributed by atoms with Crippen LogP contribution in [0.1, 0.15) is 27.2 Å². The number of rotatable bonds is 12. The fourth-order valence-corrected chi connectivity index (χ4v) is 4.55. The van der Waals surface area contributed by atoms with Gasteiger partial charge in [0.1, 0.15) is 0 Å². The second-order valence-corrected chi connectivity index (χ2v) is 8.26. The van der Waals surface area contributed by atoms with E-state index < -0.39 is 8.56 Å². The Morgan fingerprint density at radius 1 is 0.944 bits per heavy atom. The molecule has 0 fully saturated rings. The molecule has 0 atom stereocenters. The average Bonchev–Trinajstić information content (AvgIpc) is 2.33. The van der Waals surface area contributed by atoms with Gasteiger partial charge in [-0.25, -0.2) is 0 Å². The smallest absolute Gasteiger partial charge is 0.340 e. The molecular formula is C13H31NO3Si. The molecule has 0 aromatic rings. The van der Waals surface area contributed by atoms with Crippen LogP contribution in [0.5, 0.6) is 0 Å². The van der Waals surface area contributed by atoms with Crippen molar-refractivity contribution in [1.29, 1.82) is 0 Å². The maximum absolute atomic E-state index is 5.89. The molecule has 0 aliphatic rings. The molecule has 0 amide bonds. The molecule has 0 aliphatic heterocycles. The molecule has 0 spiro atoms. The molecule has 0 aromatic carbocycles. The van der Waals surface area contributed by atoms with E-state index in [1.807, 2.05) is 13.8 Å². The Bertz CT molecular complexity index is 185.